The lowest BCUT2D eigenvalue weighted by Gasteiger charge is -2.22. The van der Waals surface area contributed by atoms with E-state index in [-0.39, 0.29) is 18.5 Å². The predicted molar refractivity (Wildman–Crippen MR) is 105 cm³/mol. The molecule has 0 saturated heterocycles. The van der Waals surface area contributed by atoms with Crippen molar-refractivity contribution in [2.75, 3.05) is 33.7 Å². The Morgan fingerprint density at radius 3 is 2.55 bits per heavy atom. The largest absolute Gasteiger partial charge is 0.406 e. The number of carbonyl (C=O) groups excluding carboxylic acids is 1. The fourth-order valence-electron chi connectivity index (χ4n) is 2.58. The third-order valence-corrected chi connectivity index (χ3v) is 4.29. The van der Waals surface area contributed by atoms with Gasteiger partial charge >= 0.3 is 6.18 Å². The lowest BCUT2D eigenvalue weighted by atomic mass is 10.1. The Labute approximate surface area is 171 Å². The Balaban J connectivity index is 1.96. The lowest BCUT2D eigenvalue weighted by Crippen LogP contribution is -2.46. The molecule has 158 valence electrons. The van der Waals surface area contributed by atoms with Gasteiger partial charge in [0.05, 0.1) is 12.6 Å². The van der Waals surface area contributed by atoms with E-state index in [2.05, 4.69) is 20.7 Å². The Morgan fingerprint density at radius 2 is 2.00 bits per heavy atom. The first-order valence-corrected chi connectivity index (χ1v) is 9.07. The Bertz CT molecular complexity index is 808. The zero-order valence-corrected chi connectivity index (χ0v) is 16.7. The van der Waals surface area contributed by atoms with E-state index in [9.17, 15) is 18.0 Å². The second-order valence-corrected chi connectivity index (χ2v) is 6.66. The molecule has 11 heteroatoms. The van der Waals surface area contributed by atoms with Crippen LogP contribution in [0.4, 0.5) is 13.2 Å². The van der Waals surface area contributed by atoms with E-state index in [0.29, 0.717) is 16.5 Å². The summed E-state index contributed by atoms with van der Waals surface area (Å²) in [6.45, 7) is -1.26. The summed E-state index contributed by atoms with van der Waals surface area (Å²) in [6.07, 6.45) is -0.974. The zero-order chi connectivity index (χ0) is 21.4. The first-order valence-electron chi connectivity index (χ1n) is 8.69. The van der Waals surface area contributed by atoms with Crippen LogP contribution in [0, 0.1) is 0 Å². The highest BCUT2D eigenvalue weighted by Crippen LogP contribution is 2.19. The van der Waals surface area contributed by atoms with Gasteiger partial charge in [-0.2, -0.15) is 18.3 Å². The zero-order valence-electron chi connectivity index (χ0n) is 15.9. The summed E-state index contributed by atoms with van der Waals surface area (Å²) in [7, 11) is 2.60. The molecule has 1 aromatic heterocycles. The number of nitrogens with one attached hydrogen (secondary N) is 2. The van der Waals surface area contributed by atoms with Gasteiger partial charge < -0.3 is 15.5 Å². The van der Waals surface area contributed by atoms with Crippen molar-refractivity contribution >= 4 is 23.5 Å². The molecule has 7 nitrogen and oxygen atoms in total. The number of aromatic nitrogens is 2. The lowest BCUT2D eigenvalue weighted by molar-refractivity contribution is -0.157. The van der Waals surface area contributed by atoms with Crippen molar-refractivity contribution in [2.45, 2.75) is 12.2 Å². The molecule has 2 N–H and O–H groups in total. The number of guanidine groups is 1. The van der Waals surface area contributed by atoms with Gasteiger partial charge in [0.1, 0.15) is 6.54 Å². The molecule has 0 aliphatic heterocycles. The molecule has 0 bridgehead atoms. The maximum atomic E-state index is 12.4. The van der Waals surface area contributed by atoms with Gasteiger partial charge in [0.2, 0.25) is 5.91 Å². The van der Waals surface area contributed by atoms with Crippen molar-refractivity contribution < 1.29 is 18.0 Å². The second kappa shape index (κ2) is 10.1. The summed E-state index contributed by atoms with van der Waals surface area (Å²) in [4.78, 5) is 16.5. The number of alkyl halides is 3. The molecular formula is C18H22ClF3N6O. The van der Waals surface area contributed by atoms with Gasteiger partial charge in [0.15, 0.2) is 5.96 Å². The Morgan fingerprint density at radius 1 is 1.31 bits per heavy atom. The van der Waals surface area contributed by atoms with E-state index in [1.165, 1.54) is 7.05 Å². The average molecular weight is 431 g/mol. The molecular weight excluding hydrogens is 409 g/mol. The third-order valence-electron chi connectivity index (χ3n) is 4.03. The van der Waals surface area contributed by atoms with Crippen LogP contribution in [0.1, 0.15) is 11.6 Å². The number of aliphatic imine (C=N–C) groups is 1. The number of hydrogen-bond donors (Lipinski definition) is 2. The fourth-order valence-corrected chi connectivity index (χ4v) is 2.71. The van der Waals surface area contributed by atoms with Crippen molar-refractivity contribution in [3.8, 4) is 0 Å². The normalized spacial score (nSPS) is 13.1. The van der Waals surface area contributed by atoms with Gasteiger partial charge in [-0.15, -0.1) is 0 Å². The highest BCUT2D eigenvalue weighted by molar-refractivity contribution is 6.30. The van der Waals surface area contributed by atoms with Crippen LogP contribution in [0.2, 0.25) is 5.02 Å². The van der Waals surface area contributed by atoms with E-state index in [0.717, 1.165) is 12.6 Å². The van der Waals surface area contributed by atoms with Crippen LogP contribution >= 0.6 is 11.6 Å². The molecule has 2 rings (SSSR count). The van der Waals surface area contributed by atoms with E-state index in [4.69, 9.17) is 11.6 Å². The molecule has 29 heavy (non-hydrogen) atoms. The third kappa shape index (κ3) is 7.30. The highest BCUT2D eigenvalue weighted by Gasteiger charge is 2.31. The Kier molecular flexibility index (Phi) is 7.89. The van der Waals surface area contributed by atoms with Crippen LogP contribution < -0.4 is 10.6 Å². The maximum Gasteiger partial charge on any atom is 0.406 e. The average Bonchev–Trinajstić information content (AvgIpc) is 3.18. The van der Waals surface area contributed by atoms with Gasteiger partial charge in [-0.05, 0) is 23.8 Å². The minimum absolute atomic E-state index is 0.190. The number of nitrogens with zero attached hydrogens (tertiary/aromatic N) is 4. The van der Waals surface area contributed by atoms with Crippen LogP contribution in [0.3, 0.4) is 0 Å². The number of carbonyl (C=O) groups is 1. The topological polar surface area (TPSA) is 74.6 Å². The minimum atomic E-state index is -4.44. The van der Waals surface area contributed by atoms with Gasteiger partial charge in [-0.3, -0.25) is 14.5 Å². The first kappa shape index (κ1) is 22.5. The first-order chi connectivity index (χ1) is 13.7. The number of rotatable bonds is 7. The number of hydrogen-bond acceptors (Lipinski definition) is 3. The van der Waals surface area contributed by atoms with E-state index in [1.54, 1.807) is 29.1 Å². The summed E-state index contributed by atoms with van der Waals surface area (Å²) in [5.74, 6) is -0.420. The number of likely N-dealkylation sites (N-methyl/N-ethyl adjacent to an activating group) is 1. The summed E-state index contributed by atoms with van der Waals surface area (Å²) in [5, 5.41) is 10.7. The highest BCUT2D eigenvalue weighted by atomic mass is 35.5. The Hall–Kier alpha value is -2.75. The van der Waals surface area contributed by atoms with Crippen LogP contribution in [0.25, 0.3) is 0 Å². The molecule has 1 unspecified atom stereocenters. The number of halogens is 4. The SMILES string of the molecule is CN=C(NCC(=O)N(C)CC(F)(F)F)NCC(c1ccc(Cl)cc1)n1cccn1. The molecule has 2 aromatic rings. The predicted octanol–water partition coefficient (Wildman–Crippen LogP) is 2.31. The van der Waals surface area contributed by atoms with Crippen molar-refractivity contribution in [1.29, 1.82) is 0 Å². The van der Waals surface area contributed by atoms with Gasteiger partial charge in [0, 0.05) is 38.1 Å². The van der Waals surface area contributed by atoms with E-state index >= 15 is 0 Å². The molecule has 1 heterocycles. The summed E-state index contributed by atoms with van der Waals surface area (Å²) in [5.41, 5.74) is 0.946. The molecule has 0 fully saturated rings. The van der Waals surface area contributed by atoms with Crippen LogP contribution in [-0.4, -0.2) is 66.5 Å². The summed E-state index contributed by atoms with van der Waals surface area (Å²) in [6, 6.07) is 8.91. The van der Waals surface area contributed by atoms with Gasteiger partial charge in [0.25, 0.3) is 0 Å². The molecule has 0 spiro atoms. The van der Waals surface area contributed by atoms with E-state index < -0.39 is 18.6 Å². The summed E-state index contributed by atoms with van der Waals surface area (Å²) < 4.78 is 38.9. The molecule has 0 aliphatic carbocycles. The molecule has 0 saturated carbocycles. The molecule has 1 amide bonds. The van der Waals surface area contributed by atoms with Gasteiger partial charge in [-0.25, -0.2) is 0 Å². The van der Waals surface area contributed by atoms with Crippen LogP contribution in [0.15, 0.2) is 47.7 Å². The summed E-state index contributed by atoms with van der Waals surface area (Å²) >= 11 is 5.95. The van der Waals surface area contributed by atoms with Crippen molar-refractivity contribution in [3.63, 3.8) is 0 Å². The number of benzene rings is 1. The monoisotopic (exact) mass is 430 g/mol. The van der Waals surface area contributed by atoms with Crippen molar-refractivity contribution in [2.24, 2.45) is 4.99 Å². The maximum absolute atomic E-state index is 12.4. The quantitative estimate of drug-likeness (QED) is 0.522. The van der Waals surface area contributed by atoms with Crippen molar-refractivity contribution in [3.05, 3.63) is 53.3 Å². The van der Waals surface area contributed by atoms with Crippen molar-refractivity contribution in [1.82, 2.24) is 25.3 Å². The second-order valence-electron chi connectivity index (χ2n) is 6.23. The minimum Gasteiger partial charge on any atom is -0.354 e. The van der Waals surface area contributed by atoms with E-state index in [1.807, 2.05) is 18.3 Å². The number of amides is 1. The smallest absolute Gasteiger partial charge is 0.354 e. The molecule has 0 aliphatic rings. The molecule has 1 aromatic carbocycles. The van der Waals surface area contributed by atoms with Gasteiger partial charge in [-0.1, -0.05) is 23.7 Å². The molecule has 0 radical (unpaired) electrons. The standard InChI is InChI=1S/C18H22ClF3N6O/c1-23-17(25-11-16(29)27(2)12-18(20,21)22)24-10-15(28-9-3-8-26-28)13-4-6-14(19)7-5-13/h3-9,15H,10-12H2,1-2H3,(H2,23,24,25). The van der Waals surface area contributed by atoms with Crippen LogP contribution in [-0.2, 0) is 4.79 Å². The van der Waals surface area contributed by atoms with Crippen LogP contribution in [0.5, 0.6) is 0 Å². The molecule has 1 atom stereocenters. The fraction of sp³-hybridized carbons (Fsp3) is 0.389.